The first-order valence-electron chi connectivity index (χ1n) is 11.5. The third kappa shape index (κ3) is 4.05. The summed E-state index contributed by atoms with van der Waals surface area (Å²) in [5.74, 6) is 2.19. The van der Waals surface area contributed by atoms with Crippen LogP contribution in [0, 0.1) is 38.0 Å². The van der Waals surface area contributed by atoms with E-state index in [2.05, 4.69) is 44.9 Å². The maximum absolute atomic E-state index is 9.42. The monoisotopic (exact) mass is 453 g/mol. The minimum atomic E-state index is 0.586. The average molecular weight is 454 g/mol. The van der Waals surface area contributed by atoms with Gasteiger partial charge in [0.15, 0.2) is 5.82 Å². The van der Waals surface area contributed by atoms with Crippen LogP contribution in [-0.4, -0.2) is 36.6 Å². The second kappa shape index (κ2) is 8.75. The van der Waals surface area contributed by atoms with Gasteiger partial charge in [-0.05, 0) is 69.4 Å². The van der Waals surface area contributed by atoms with Crippen LogP contribution in [0.15, 0.2) is 36.7 Å². The Morgan fingerprint density at radius 1 is 1.09 bits per heavy atom. The molecule has 0 unspecified atom stereocenters. The molecule has 4 aromatic rings. The maximum Gasteiger partial charge on any atom is 0.157 e. The van der Waals surface area contributed by atoms with E-state index in [4.69, 9.17) is 9.84 Å². The van der Waals surface area contributed by atoms with Crippen LogP contribution in [0.2, 0.25) is 0 Å². The molecule has 0 atom stereocenters. The summed E-state index contributed by atoms with van der Waals surface area (Å²) in [6.45, 7) is 6.78. The van der Waals surface area contributed by atoms with Gasteiger partial charge in [-0.2, -0.15) is 15.5 Å². The first kappa shape index (κ1) is 21.8. The summed E-state index contributed by atoms with van der Waals surface area (Å²) in [6.07, 6.45) is 4.72. The zero-order chi connectivity index (χ0) is 23.8. The molecule has 172 valence electrons. The van der Waals surface area contributed by atoms with E-state index in [1.165, 1.54) is 12.8 Å². The predicted octanol–water partition coefficient (Wildman–Crippen LogP) is 4.33. The molecule has 0 N–H and O–H groups in total. The van der Waals surface area contributed by atoms with E-state index in [9.17, 15) is 5.26 Å². The molecule has 0 spiro atoms. The van der Waals surface area contributed by atoms with Crippen LogP contribution >= 0.6 is 0 Å². The molecule has 1 aliphatic carbocycles. The van der Waals surface area contributed by atoms with Crippen molar-refractivity contribution >= 4 is 0 Å². The standard InChI is InChI=1S/C26H27N7O/c1-16-24(11-21-12-25(29-15-28-21)33-18(3)23(13-27)17(2)30-33)32(14-19-5-6-19)31-26(16)20-7-9-22(34-4)10-8-20/h7-10,12,15,19H,5-6,11,14H2,1-4H3. The Bertz CT molecular complexity index is 1390. The summed E-state index contributed by atoms with van der Waals surface area (Å²) >= 11 is 0. The van der Waals surface area contributed by atoms with E-state index >= 15 is 0 Å². The highest BCUT2D eigenvalue weighted by Crippen LogP contribution is 2.34. The topological polar surface area (TPSA) is 94.4 Å². The number of nitrogens with zero attached hydrogens (tertiary/aromatic N) is 7. The minimum Gasteiger partial charge on any atom is -0.497 e. The van der Waals surface area contributed by atoms with Crippen LogP contribution in [-0.2, 0) is 13.0 Å². The first-order valence-corrected chi connectivity index (χ1v) is 11.5. The van der Waals surface area contributed by atoms with Gasteiger partial charge in [0.1, 0.15) is 18.1 Å². The summed E-state index contributed by atoms with van der Waals surface area (Å²) in [7, 11) is 1.67. The fraction of sp³-hybridized carbons (Fsp3) is 0.346. The Morgan fingerprint density at radius 2 is 1.85 bits per heavy atom. The first-order chi connectivity index (χ1) is 16.5. The molecule has 0 radical (unpaired) electrons. The summed E-state index contributed by atoms with van der Waals surface area (Å²) in [6, 6.07) is 12.2. The quantitative estimate of drug-likeness (QED) is 0.413. The molecule has 0 aliphatic heterocycles. The zero-order valence-electron chi connectivity index (χ0n) is 19.9. The molecule has 1 saturated carbocycles. The van der Waals surface area contributed by atoms with Crippen molar-refractivity contribution in [3.63, 3.8) is 0 Å². The fourth-order valence-electron chi connectivity index (χ4n) is 4.33. The Hall–Kier alpha value is -3.99. The highest BCUT2D eigenvalue weighted by Gasteiger charge is 2.25. The van der Waals surface area contributed by atoms with Gasteiger partial charge in [-0.15, -0.1) is 0 Å². The number of hydrogen-bond acceptors (Lipinski definition) is 6. The molecule has 0 bridgehead atoms. The van der Waals surface area contributed by atoms with Gasteiger partial charge >= 0.3 is 0 Å². The van der Waals surface area contributed by atoms with Crippen molar-refractivity contribution in [1.29, 1.82) is 5.26 Å². The number of hydrogen-bond donors (Lipinski definition) is 0. The van der Waals surface area contributed by atoms with E-state index < -0.39 is 0 Å². The largest absolute Gasteiger partial charge is 0.497 e. The molecule has 1 aromatic carbocycles. The Balaban J connectivity index is 1.51. The van der Waals surface area contributed by atoms with E-state index in [0.717, 1.165) is 46.2 Å². The van der Waals surface area contributed by atoms with Crippen LogP contribution in [0.4, 0.5) is 0 Å². The highest BCUT2D eigenvalue weighted by molar-refractivity contribution is 5.65. The number of rotatable bonds is 7. The Labute approximate surface area is 198 Å². The molecule has 1 fully saturated rings. The van der Waals surface area contributed by atoms with Gasteiger partial charge in [0.05, 0.1) is 35.4 Å². The zero-order valence-corrected chi connectivity index (χ0v) is 19.9. The molecular weight excluding hydrogens is 426 g/mol. The van der Waals surface area contributed by atoms with Crippen LogP contribution in [0.3, 0.4) is 0 Å². The van der Waals surface area contributed by atoms with E-state index in [1.54, 1.807) is 18.1 Å². The van der Waals surface area contributed by atoms with Crippen LogP contribution in [0.1, 0.15) is 46.7 Å². The van der Waals surface area contributed by atoms with Crippen LogP contribution in [0.5, 0.6) is 5.75 Å². The number of nitriles is 1. The molecule has 3 aromatic heterocycles. The number of benzene rings is 1. The molecule has 3 heterocycles. The third-order valence-corrected chi connectivity index (χ3v) is 6.49. The number of aromatic nitrogens is 6. The third-order valence-electron chi connectivity index (χ3n) is 6.49. The molecule has 1 aliphatic rings. The lowest BCUT2D eigenvalue weighted by atomic mass is 10.0. The second-order valence-electron chi connectivity index (χ2n) is 8.89. The number of aryl methyl sites for hydroxylation is 1. The summed E-state index contributed by atoms with van der Waals surface area (Å²) in [5, 5.41) is 18.9. The lowest BCUT2D eigenvalue weighted by Crippen LogP contribution is -2.10. The van der Waals surface area contributed by atoms with Crippen LogP contribution in [0.25, 0.3) is 17.1 Å². The van der Waals surface area contributed by atoms with E-state index in [-0.39, 0.29) is 0 Å². The lowest BCUT2D eigenvalue weighted by molar-refractivity contribution is 0.415. The average Bonchev–Trinajstić information content (AvgIpc) is 3.56. The smallest absolute Gasteiger partial charge is 0.157 e. The van der Waals surface area contributed by atoms with Crippen molar-refractivity contribution in [1.82, 2.24) is 29.5 Å². The summed E-state index contributed by atoms with van der Waals surface area (Å²) < 4.78 is 9.19. The number of methoxy groups -OCH3 is 1. The van der Waals surface area contributed by atoms with E-state index in [1.807, 2.05) is 32.0 Å². The fourth-order valence-corrected chi connectivity index (χ4v) is 4.33. The Morgan fingerprint density at radius 3 is 2.50 bits per heavy atom. The van der Waals surface area contributed by atoms with Crippen molar-refractivity contribution in [3.05, 3.63) is 70.6 Å². The van der Waals surface area contributed by atoms with Crippen molar-refractivity contribution in [2.45, 2.75) is 46.6 Å². The molecule has 5 rings (SSSR count). The molecule has 34 heavy (non-hydrogen) atoms. The SMILES string of the molecule is COc1ccc(-c2nn(CC3CC3)c(Cc3cc(-n4nc(C)c(C#N)c4C)ncn3)c2C)cc1. The van der Waals surface area contributed by atoms with Gasteiger partial charge in [0.25, 0.3) is 0 Å². The van der Waals surface area contributed by atoms with Gasteiger partial charge in [0, 0.05) is 30.3 Å². The minimum absolute atomic E-state index is 0.586. The van der Waals surface area contributed by atoms with Crippen LogP contribution < -0.4 is 4.74 Å². The normalized spacial score (nSPS) is 13.1. The predicted molar refractivity (Wildman–Crippen MR) is 128 cm³/mol. The van der Waals surface area contributed by atoms with Gasteiger partial charge in [0.2, 0.25) is 0 Å². The van der Waals surface area contributed by atoms with Crippen molar-refractivity contribution in [2.75, 3.05) is 7.11 Å². The van der Waals surface area contributed by atoms with Gasteiger partial charge in [-0.3, -0.25) is 4.68 Å². The molecule has 0 amide bonds. The van der Waals surface area contributed by atoms with Crippen molar-refractivity contribution in [2.24, 2.45) is 5.92 Å². The molecule has 0 saturated heterocycles. The van der Waals surface area contributed by atoms with Gasteiger partial charge in [-0.25, -0.2) is 14.6 Å². The molecular formula is C26H27N7O. The van der Waals surface area contributed by atoms with Gasteiger partial charge < -0.3 is 4.74 Å². The van der Waals surface area contributed by atoms with Crippen molar-refractivity contribution < 1.29 is 4.74 Å². The van der Waals surface area contributed by atoms with Gasteiger partial charge in [-0.1, -0.05) is 0 Å². The second-order valence-corrected chi connectivity index (χ2v) is 8.89. The van der Waals surface area contributed by atoms with E-state index in [0.29, 0.717) is 29.4 Å². The number of ether oxygens (including phenoxy) is 1. The molecule has 8 nitrogen and oxygen atoms in total. The summed E-state index contributed by atoms with van der Waals surface area (Å²) in [4.78, 5) is 8.96. The molecule has 8 heteroatoms. The maximum atomic E-state index is 9.42. The Kier molecular flexibility index (Phi) is 5.62. The highest BCUT2D eigenvalue weighted by atomic mass is 16.5. The lowest BCUT2D eigenvalue weighted by Gasteiger charge is -2.09. The summed E-state index contributed by atoms with van der Waals surface area (Å²) in [5.41, 5.74) is 7.33. The van der Waals surface area contributed by atoms with Crippen molar-refractivity contribution in [3.8, 4) is 28.9 Å².